The molecule has 1 aromatic carbocycles. The summed E-state index contributed by atoms with van der Waals surface area (Å²) in [6, 6.07) is 6.39. The fourth-order valence-electron chi connectivity index (χ4n) is 2.86. The van der Waals surface area contributed by atoms with Gasteiger partial charge in [-0.1, -0.05) is 11.3 Å². The first-order valence-corrected chi connectivity index (χ1v) is 10.5. The number of nitrogens with one attached hydrogen (secondary N) is 1. The van der Waals surface area contributed by atoms with Crippen LogP contribution in [0.15, 0.2) is 27.9 Å². The molecule has 11 heteroatoms. The van der Waals surface area contributed by atoms with Crippen LogP contribution in [0.4, 0.5) is 0 Å². The van der Waals surface area contributed by atoms with E-state index in [0.717, 1.165) is 12.8 Å². The molecule has 0 amide bonds. The Balaban J connectivity index is 1.94. The van der Waals surface area contributed by atoms with E-state index in [1.807, 2.05) is 13.0 Å². The highest BCUT2D eigenvalue weighted by Crippen LogP contribution is 2.36. The van der Waals surface area contributed by atoms with Gasteiger partial charge in [0.2, 0.25) is 15.2 Å². The lowest BCUT2D eigenvalue weighted by Crippen LogP contribution is -2.34. The van der Waals surface area contributed by atoms with Crippen LogP contribution in [0.1, 0.15) is 24.8 Å². The summed E-state index contributed by atoms with van der Waals surface area (Å²) in [5.74, 6) is 0. The quantitative estimate of drug-likeness (QED) is 0.684. The molecule has 0 unspecified atom stereocenters. The summed E-state index contributed by atoms with van der Waals surface area (Å²) in [7, 11) is -3.73. The summed E-state index contributed by atoms with van der Waals surface area (Å²) in [5, 5.41) is 18.0. The molecule has 0 atom stereocenters. The first-order valence-electron chi connectivity index (χ1n) is 8.21. The number of fused-ring (bicyclic) bond motifs is 1. The molecule has 1 saturated carbocycles. The van der Waals surface area contributed by atoms with E-state index >= 15 is 0 Å². The maximum atomic E-state index is 12.8. The molecule has 1 aliphatic carbocycles. The highest BCUT2D eigenvalue weighted by Gasteiger charge is 2.41. The second kappa shape index (κ2) is 5.98. The van der Waals surface area contributed by atoms with Crippen LogP contribution >= 0.6 is 11.3 Å². The predicted molar refractivity (Wildman–Crippen MR) is 99.3 cm³/mol. The largest absolute Gasteiger partial charge is 0.336 e. The molecule has 1 N–H and O–H groups in total. The van der Waals surface area contributed by atoms with E-state index in [2.05, 4.69) is 14.9 Å². The molecule has 0 saturated heterocycles. The van der Waals surface area contributed by atoms with Gasteiger partial charge in [0, 0.05) is 5.54 Å². The Morgan fingerprint density at radius 1 is 1.33 bits per heavy atom. The Kier molecular flexibility index (Phi) is 3.95. The van der Waals surface area contributed by atoms with Crippen molar-refractivity contribution in [1.82, 2.24) is 24.1 Å². The van der Waals surface area contributed by atoms with E-state index in [1.165, 1.54) is 32.6 Å². The fraction of sp³-hybridized carbons (Fsp3) is 0.375. The number of imidazole rings is 1. The van der Waals surface area contributed by atoms with Crippen LogP contribution in [0.3, 0.4) is 0 Å². The van der Waals surface area contributed by atoms with E-state index in [1.54, 1.807) is 13.0 Å². The molecule has 27 heavy (non-hydrogen) atoms. The molecule has 4 rings (SSSR count). The number of nitrogens with zero attached hydrogens (tertiary/aromatic N) is 5. The van der Waals surface area contributed by atoms with Gasteiger partial charge in [-0.2, -0.15) is 5.26 Å². The van der Waals surface area contributed by atoms with Crippen LogP contribution in [-0.2, 0) is 16.6 Å². The second-order valence-electron chi connectivity index (χ2n) is 6.78. The molecule has 1 fully saturated rings. The van der Waals surface area contributed by atoms with Crippen LogP contribution in [0, 0.1) is 18.3 Å². The van der Waals surface area contributed by atoms with Crippen molar-refractivity contribution < 1.29 is 8.42 Å². The molecular weight excluding hydrogens is 388 g/mol. The van der Waals surface area contributed by atoms with E-state index < -0.39 is 21.3 Å². The van der Waals surface area contributed by atoms with Crippen LogP contribution in [0.2, 0.25) is 0 Å². The number of sulfonamides is 1. The van der Waals surface area contributed by atoms with Crippen LogP contribution in [0.25, 0.3) is 16.2 Å². The summed E-state index contributed by atoms with van der Waals surface area (Å²) in [6.45, 7) is 3.46. The Hall–Kier alpha value is -2.55. The number of aromatic nitrogens is 4. The molecule has 140 valence electrons. The van der Waals surface area contributed by atoms with Crippen LogP contribution in [0.5, 0.6) is 0 Å². The first kappa shape index (κ1) is 17.8. The zero-order chi connectivity index (χ0) is 19.4. The minimum atomic E-state index is -3.73. The Morgan fingerprint density at radius 3 is 2.67 bits per heavy atom. The number of aryl methyl sites for hydroxylation is 1. The van der Waals surface area contributed by atoms with Gasteiger partial charge in [0.15, 0.2) is 0 Å². The van der Waals surface area contributed by atoms with Gasteiger partial charge >= 0.3 is 5.69 Å². The Labute approximate surface area is 158 Å². The number of benzene rings is 1. The first-order chi connectivity index (χ1) is 12.7. The summed E-state index contributed by atoms with van der Waals surface area (Å²) >= 11 is 1.21. The van der Waals surface area contributed by atoms with Gasteiger partial charge < -0.3 is 0 Å². The number of rotatable bonds is 5. The second-order valence-corrected chi connectivity index (χ2v) is 9.63. The maximum Gasteiger partial charge on any atom is 0.336 e. The van der Waals surface area contributed by atoms with Crippen molar-refractivity contribution in [2.24, 2.45) is 0 Å². The summed E-state index contributed by atoms with van der Waals surface area (Å²) < 4.78 is 30.7. The minimum Gasteiger partial charge on any atom is -0.278 e. The fourth-order valence-corrected chi connectivity index (χ4v) is 5.04. The average Bonchev–Trinajstić information content (AvgIpc) is 3.05. The highest BCUT2D eigenvalue weighted by molar-refractivity contribution is 7.89. The number of hydrogen-bond donors (Lipinski definition) is 1. The zero-order valence-corrected chi connectivity index (χ0v) is 16.3. The molecule has 3 aromatic rings. The molecule has 0 bridgehead atoms. The lowest BCUT2D eigenvalue weighted by Gasteiger charge is -2.12. The van der Waals surface area contributed by atoms with E-state index in [-0.39, 0.29) is 11.4 Å². The predicted octanol–water partition coefficient (Wildman–Crippen LogP) is 1.31. The number of nitriles is 1. The lowest BCUT2D eigenvalue weighted by atomic mass is 10.3. The molecule has 9 nitrogen and oxygen atoms in total. The van der Waals surface area contributed by atoms with Crippen molar-refractivity contribution in [2.45, 2.75) is 43.7 Å². The zero-order valence-electron chi connectivity index (χ0n) is 14.6. The van der Waals surface area contributed by atoms with Crippen molar-refractivity contribution in [3.8, 4) is 11.2 Å². The van der Waals surface area contributed by atoms with Gasteiger partial charge in [-0.15, -0.1) is 10.2 Å². The van der Waals surface area contributed by atoms with Crippen molar-refractivity contribution >= 4 is 32.4 Å². The van der Waals surface area contributed by atoms with Gasteiger partial charge in [0.25, 0.3) is 0 Å². The van der Waals surface area contributed by atoms with Crippen molar-refractivity contribution in [2.75, 3.05) is 0 Å². The third-order valence-electron chi connectivity index (χ3n) is 4.53. The molecular formula is C16H16N6O3S2. The van der Waals surface area contributed by atoms with Crippen molar-refractivity contribution in [3.63, 3.8) is 0 Å². The maximum absolute atomic E-state index is 12.8. The van der Waals surface area contributed by atoms with E-state index in [9.17, 15) is 13.2 Å². The molecule has 2 aromatic heterocycles. The SMILES string of the molecule is Cc1nnc(-n2c(=O)n(CC#N)c3ccc(S(=O)(=O)NC4(C)CC4)cc32)s1. The van der Waals surface area contributed by atoms with Crippen LogP contribution in [-0.4, -0.2) is 33.3 Å². The summed E-state index contributed by atoms with van der Waals surface area (Å²) in [4.78, 5) is 12.9. The van der Waals surface area contributed by atoms with Crippen molar-refractivity contribution in [1.29, 1.82) is 5.26 Å². The Bertz CT molecular complexity index is 1260. The third kappa shape index (κ3) is 3.05. The van der Waals surface area contributed by atoms with E-state index in [0.29, 0.717) is 21.2 Å². The molecule has 0 aliphatic heterocycles. The monoisotopic (exact) mass is 404 g/mol. The topological polar surface area (TPSA) is 123 Å². The molecule has 1 aliphatic rings. The highest BCUT2D eigenvalue weighted by atomic mass is 32.2. The standard InChI is InChI=1S/C16H16N6O3S2/c1-10-18-19-14(26-10)22-13-9-11(27(24,25)20-16(2)5-6-16)3-4-12(13)21(8-7-17)15(22)23/h3-4,9,20H,5-6,8H2,1-2H3. The van der Waals surface area contributed by atoms with Gasteiger partial charge in [-0.25, -0.2) is 22.5 Å². The van der Waals surface area contributed by atoms with Gasteiger partial charge in [-0.3, -0.25) is 4.57 Å². The van der Waals surface area contributed by atoms with Gasteiger partial charge in [-0.05, 0) is 44.9 Å². The summed E-state index contributed by atoms with van der Waals surface area (Å²) in [5.41, 5.74) is -0.0307. The summed E-state index contributed by atoms with van der Waals surface area (Å²) in [6.07, 6.45) is 1.59. The minimum absolute atomic E-state index is 0.0622. The third-order valence-corrected chi connectivity index (χ3v) is 6.99. The van der Waals surface area contributed by atoms with Gasteiger partial charge in [0.05, 0.1) is 22.0 Å². The van der Waals surface area contributed by atoms with Gasteiger partial charge in [0.1, 0.15) is 11.6 Å². The van der Waals surface area contributed by atoms with Crippen LogP contribution < -0.4 is 10.4 Å². The molecule has 0 spiro atoms. The Morgan fingerprint density at radius 2 is 2.07 bits per heavy atom. The smallest absolute Gasteiger partial charge is 0.278 e. The normalized spacial score (nSPS) is 15.7. The number of hydrogen-bond acceptors (Lipinski definition) is 7. The van der Waals surface area contributed by atoms with Crippen molar-refractivity contribution in [3.05, 3.63) is 33.7 Å². The lowest BCUT2D eigenvalue weighted by molar-refractivity contribution is 0.558. The average molecular weight is 404 g/mol. The molecule has 0 radical (unpaired) electrons. The molecule has 2 heterocycles. The van der Waals surface area contributed by atoms with E-state index in [4.69, 9.17) is 5.26 Å².